The summed E-state index contributed by atoms with van der Waals surface area (Å²) in [4.78, 5) is 13.6. The van der Waals surface area contributed by atoms with E-state index < -0.39 is 17.5 Å². The van der Waals surface area contributed by atoms with Crippen molar-refractivity contribution < 1.29 is 13.6 Å². The smallest absolute Gasteiger partial charge is 0.261 e. The lowest BCUT2D eigenvalue weighted by atomic mass is 10.1. The Morgan fingerprint density at radius 3 is 2.53 bits per heavy atom. The van der Waals surface area contributed by atoms with E-state index in [9.17, 15) is 13.6 Å². The number of hydrogen-bond acceptors (Lipinski definition) is 1. The summed E-state index contributed by atoms with van der Waals surface area (Å²) >= 11 is 0. The minimum Gasteiger partial charge on any atom is -0.305 e. The van der Waals surface area contributed by atoms with Crippen LogP contribution in [0.3, 0.4) is 0 Å². The van der Waals surface area contributed by atoms with Crippen LogP contribution in [-0.2, 0) is 6.42 Å². The molecule has 19 heavy (non-hydrogen) atoms. The average Bonchev–Trinajstić information content (AvgIpc) is 2.84. The Labute approximate surface area is 109 Å². The third-order valence-electron chi connectivity index (χ3n) is 3.29. The van der Waals surface area contributed by atoms with E-state index in [-0.39, 0.29) is 11.3 Å². The van der Waals surface area contributed by atoms with Crippen LogP contribution in [0, 0.1) is 11.6 Å². The second-order valence-electron chi connectivity index (χ2n) is 4.43. The van der Waals surface area contributed by atoms with E-state index in [0.717, 1.165) is 5.56 Å². The topological polar surface area (TPSA) is 20.3 Å². The number of nitrogens with zero attached hydrogens (tertiary/aromatic N) is 1. The van der Waals surface area contributed by atoms with E-state index in [2.05, 4.69) is 0 Å². The number of rotatable bonds is 1. The second-order valence-corrected chi connectivity index (χ2v) is 4.43. The molecule has 0 saturated carbocycles. The number of carbonyl (C=O) groups excluding carboxylic acids is 1. The van der Waals surface area contributed by atoms with Gasteiger partial charge in [0.2, 0.25) is 0 Å². The van der Waals surface area contributed by atoms with Gasteiger partial charge >= 0.3 is 0 Å². The lowest BCUT2D eigenvalue weighted by molar-refractivity contribution is 0.0984. The van der Waals surface area contributed by atoms with Gasteiger partial charge in [0, 0.05) is 6.54 Å². The van der Waals surface area contributed by atoms with Crippen LogP contribution in [0.5, 0.6) is 0 Å². The van der Waals surface area contributed by atoms with Gasteiger partial charge in [-0.1, -0.05) is 24.3 Å². The summed E-state index contributed by atoms with van der Waals surface area (Å²) in [5, 5.41) is 0. The Morgan fingerprint density at radius 1 is 1.00 bits per heavy atom. The van der Waals surface area contributed by atoms with Gasteiger partial charge in [0.05, 0.1) is 11.3 Å². The fourth-order valence-corrected chi connectivity index (χ4v) is 2.39. The van der Waals surface area contributed by atoms with Gasteiger partial charge in [0.1, 0.15) is 11.6 Å². The lowest BCUT2D eigenvalue weighted by Crippen LogP contribution is -2.30. The Hall–Kier alpha value is -2.23. The van der Waals surface area contributed by atoms with Crippen LogP contribution in [-0.4, -0.2) is 12.5 Å². The van der Waals surface area contributed by atoms with E-state index in [1.807, 2.05) is 0 Å². The van der Waals surface area contributed by atoms with Gasteiger partial charge in [-0.2, -0.15) is 0 Å². The fraction of sp³-hybridized carbons (Fsp3) is 0.133. The highest BCUT2D eigenvalue weighted by Crippen LogP contribution is 2.32. The summed E-state index contributed by atoms with van der Waals surface area (Å²) in [6.07, 6.45) is 0.591. The van der Waals surface area contributed by atoms with Crippen LogP contribution < -0.4 is 4.90 Å². The Morgan fingerprint density at radius 2 is 1.74 bits per heavy atom. The molecular weight excluding hydrogens is 248 g/mol. The van der Waals surface area contributed by atoms with Crippen molar-refractivity contribution in [2.24, 2.45) is 0 Å². The number of benzene rings is 2. The van der Waals surface area contributed by atoms with E-state index in [1.165, 1.54) is 29.2 Å². The minimum absolute atomic E-state index is 0.0291. The van der Waals surface area contributed by atoms with E-state index >= 15 is 0 Å². The Balaban J connectivity index is 2.03. The largest absolute Gasteiger partial charge is 0.305 e. The molecule has 0 radical (unpaired) electrons. The number of anilines is 1. The molecule has 2 nitrogen and oxygen atoms in total. The molecule has 4 heteroatoms. The molecule has 0 atom stereocenters. The fourth-order valence-electron chi connectivity index (χ4n) is 2.39. The first kappa shape index (κ1) is 11.8. The third-order valence-corrected chi connectivity index (χ3v) is 3.29. The molecule has 0 saturated heterocycles. The standard InChI is InChI=1S/C15H11F2NO/c16-12-6-2-1-5-11(12)15(19)18-9-8-10-4-3-7-13(17)14(10)18/h1-7H,8-9H2. The zero-order chi connectivity index (χ0) is 13.4. The van der Waals surface area contributed by atoms with Gasteiger partial charge in [-0.25, -0.2) is 8.78 Å². The highest BCUT2D eigenvalue weighted by Gasteiger charge is 2.29. The normalized spacial score (nSPS) is 13.5. The van der Waals surface area contributed by atoms with Crippen molar-refractivity contribution in [1.82, 2.24) is 0 Å². The first-order valence-corrected chi connectivity index (χ1v) is 6.02. The second kappa shape index (κ2) is 4.46. The van der Waals surface area contributed by atoms with Crippen molar-refractivity contribution in [3.05, 3.63) is 65.2 Å². The number of carbonyl (C=O) groups is 1. The number of halogens is 2. The number of fused-ring (bicyclic) bond motifs is 1. The molecule has 3 rings (SSSR count). The predicted octanol–water partition coefficient (Wildman–Crippen LogP) is 3.17. The van der Waals surface area contributed by atoms with Crippen molar-refractivity contribution in [3.8, 4) is 0 Å². The molecule has 0 unspecified atom stereocenters. The first-order valence-electron chi connectivity index (χ1n) is 6.02. The van der Waals surface area contributed by atoms with Gasteiger partial charge in [0.15, 0.2) is 0 Å². The summed E-state index contributed by atoms with van der Waals surface area (Å²) in [5.41, 5.74) is 1.03. The molecule has 1 heterocycles. The van der Waals surface area contributed by atoms with Crippen molar-refractivity contribution in [2.75, 3.05) is 11.4 Å². The molecule has 0 N–H and O–H groups in total. The van der Waals surface area contributed by atoms with Crippen molar-refractivity contribution in [3.63, 3.8) is 0 Å². The Kier molecular flexibility index (Phi) is 2.78. The summed E-state index contributed by atoms with van der Waals surface area (Å²) < 4.78 is 27.5. The molecule has 2 aromatic carbocycles. The molecule has 0 aliphatic carbocycles. The number of amides is 1. The molecule has 1 aliphatic rings. The number of para-hydroxylation sites is 1. The third kappa shape index (κ3) is 1.89. The van der Waals surface area contributed by atoms with Crippen molar-refractivity contribution >= 4 is 11.6 Å². The zero-order valence-electron chi connectivity index (χ0n) is 10.1. The van der Waals surface area contributed by atoms with Crippen LogP contribution in [0.25, 0.3) is 0 Å². The van der Waals surface area contributed by atoms with Crippen LogP contribution in [0.2, 0.25) is 0 Å². The average molecular weight is 259 g/mol. The molecule has 2 aromatic rings. The molecule has 1 aliphatic heterocycles. The maximum absolute atomic E-state index is 13.8. The molecule has 0 bridgehead atoms. The molecule has 96 valence electrons. The van der Waals surface area contributed by atoms with Crippen LogP contribution in [0.4, 0.5) is 14.5 Å². The highest BCUT2D eigenvalue weighted by molar-refractivity contribution is 6.07. The SMILES string of the molecule is O=C(c1ccccc1F)N1CCc2cccc(F)c21. The quantitative estimate of drug-likeness (QED) is 0.770. The number of hydrogen-bond donors (Lipinski definition) is 0. The van der Waals surface area contributed by atoms with Gasteiger partial charge < -0.3 is 4.90 Å². The van der Waals surface area contributed by atoms with Crippen molar-refractivity contribution in [2.45, 2.75) is 6.42 Å². The summed E-state index contributed by atoms with van der Waals surface area (Å²) in [6.45, 7) is 0.378. The first-order chi connectivity index (χ1) is 9.18. The van der Waals surface area contributed by atoms with E-state index in [0.29, 0.717) is 13.0 Å². The molecule has 0 aromatic heterocycles. The van der Waals surface area contributed by atoms with Gasteiger partial charge in [0.25, 0.3) is 5.91 Å². The van der Waals surface area contributed by atoms with Gasteiger partial charge in [-0.05, 0) is 30.2 Å². The molecule has 1 amide bonds. The summed E-state index contributed by atoms with van der Waals surface area (Å²) in [7, 11) is 0. The van der Waals surface area contributed by atoms with Gasteiger partial charge in [-0.3, -0.25) is 4.79 Å². The molecule has 0 spiro atoms. The molecule has 0 fully saturated rings. The maximum Gasteiger partial charge on any atom is 0.261 e. The summed E-state index contributed by atoms with van der Waals surface area (Å²) in [5.74, 6) is -1.53. The minimum atomic E-state index is -0.586. The van der Waals surface area contributed by atoms with Crippen molar-refractivity contribution in [1.29, 1.82) is 0 Å². The van der Waals surface area contributed by atoms with Crippen LogP contribution in [0.15, 0.2) is 42.5 Å². The predicted molar refractivity (Wildman–Crippen MR) is 68.2 cm³/mol. The zero-order valence-corrected chi connectivity index (χ0v) is 10.1. The summed E-state index contributed by atoms with van der Waals surface area (Å²) in [6, 6.07) is 10.5. The van der Waals surface area contributed by atoms with E-state index in [4.69, 9.17) is 0 Å². The lowest BCUT2D eigenvalue weighted by Gasteiger charge is -2.18. The molecular formula is C15H11F2NO. The van der Waals surface area contributed by atoms with Gasteiger partial charge in [-0.15, -0.1) is 0 Å². The monoisotopic (exact) mass is 259 g/mol. The maximum atomic E-state index is 13.8. The van der Waals surface area contributed by atoms with E-state index in [1.54, 1.807) is 18.2 Å². The highest BCUT2D eigenvalue weighted by atomic mass is 19.1. The van der Waals surface area contributed by atoms with Crippen LogP contribution >= 0.6 is 0 Å². The van der Waals surface area contributed by atoms with Crippen LogP contribution in [0.1, 0.15) is 15.9 Å². The Bertz CT molecular complexity index is 654.